The Morgan fingerprint density at radius 1 is 1.32 bits per heavy atom. The number of hydrogen-bond donors (Lipinski definition) is 2. The smallest absolute Gasteiger partial charge is 0.272 e. The van der Waals surface area contributed by atoms with Crippen LogP contribution in [0.4, 0.5) is 0 Å². The highest BCUT2D eigenvalue weighted by Crippen LogP contribution is 2.35. The zero-order valence-electron chi connectivity index (χ0n) is 16.2. The molecule has 1 saturated heterocycles. The number of carbonyl (C=O) groups excluding carboxylic acids is 1. The maximum atomic E-state index is 13.1. The van der Waals surface area contributed by atoms with Gasteiger partial charge in [-0.15, -0.1) is 0 Å². The highest BCUT2D eigenvalue weighted by molar-refractivity contribution is 5.94. The number of amides is 1. The molecule has 2 fully saturated rings. The molecule has 0 bridgehead atoms. The minimum absolute atomic E-state index is 0.0851. The van der Waals surface area contributed by atoms with E-state index in [0.717, 1.165) is 30.5 Å². The molecule has 8 nitrogen and oxygen atoms in total. The van der Waals surface area contributed by atoms with E-state index in [1.165, 1.54) is 12.8 Å². The van der Waals surface area contributed by atoms with Crippen molar-refractivity contribution in [2.45, 2.75) is 45.1 Å². The maximum absolute atomic E-state index is 13.1. The Morgan fingerprint density at radius 2 is 2.11 bits per heavy atom. The molecule has 2 aliphatic rings. The summed E-state index contributed by atoms with van der Waals surface area (Å²) in [6.45, 7) is 3.23. The molecule has 0 aromatic carbocycles. The summed E-state index contributed by atoms with van der Waals surface area (Å²) in [5.41, 5.74) is 2.32. The Balaban J connectivity index is 1.60. The zero-order chi connectivity index (χ0) is 19.5. The molecule has 2 N–H and O–H groups in total. The summed E-state index contributed by atoms with van der Waals surface area (Å²) in [6.07, 6.45) is 9.78. The van der Waals surface area contributed by atoms with Gasteiger partial charge in [0.05, 0.1) is 18.8 Å². The van der Waals surface area contributed by atoms with Crippen LogP contribution in [0.3, 0.4) is 0 Å². The number of ether oxygens (including phenoxy) is 1. The van der Waals surface area contributed by atoms with Gasteiger partial charge in [0.2, 0.25) is 0 Å². The number of aliphatic hydroxyl groups excluding tert-OH is 1. The Kier molecular flexibility index (Phi) is 5.68. The van der Waals surface area contributed by atoms with E-state index in [-0.39, 0.29) is 24.5 Å². The number of aromatic nitrogens is 4. The van der Waals surface area contributed by atoms with Crippen LogP contribution in [0.2, 0.25) is 0 Å². The van der Waals surface area contributed by atoms with E-state index in [4.69, 9.17) is 4.74 Å². The van der Waals surface area contributed by atoms with E-state index in [1.54, 1.807) is 23.3 Å². The quantitative estimate of drug-likeness (QED) is 0.748. The summed E-state index contributed by atoms with van der Waals surface area (Å²) in [5.74, 6) is 1.21. The van der Waals surface area contributed by atoms with Crippen molar-refractivity contribution >= 4 is 5.91 Å². The first-order chi connectivity index (χ1) is 13.7. The van der Waals surface area contributed by atoms with Gasteiger partial charge in [0, 0.05) is 36.9 Å². The number of nitrogens with one attached hydrogen (secondary N) is 1. The van der Waals surface area contributed by atoms with Crippen molar-refractivity contribution in [1.82, 2.24) is 25.1 Å². The fourth-order valence-electron chi connectivity index (χ4n) is 3.86. The van der Waals surface area contributed by atoms with Gasteiger partial charge in [-0.2, -0.15) is 5.10 Å². The van der Waals surface area contributed by atoms with Crippen molar-refractivity contribution in [3.8, 4) is 5.82 Å². The van der Waals surface area contributed by atoms with E-state index in [2.05, 4.69) is 20.4 Å². The third-order valence-corrected chi connectivity index (χ3v) is 5.76. The van der Waals surface area contributed by atoms with Crippen molar-refractivity contribution in [3.63, 3.8) is 0 Å². The molecule has 0 spiro atoms. The number of hydrogen-bond acceptors (Lipinski definition) is 6. The second-order valence-electron chi connectivity index (χ2n) is 7.75. The molecule has 150 valence electrons. The van der Waals surface area contributed by atoms with Crippen LogP contribution < -0.4 is 5.32 Å². The topological polar surface area (TPSA) is 102 Å². The SMILES string of the molecule is Cc1c(CC2CC2)c(C(=O)N[C@@H](CO)C2CCOCC2)nn1-c1cnccn1. The van der Waals surface area contributed by atoms with Gasteiger partial charge in [0.25, 0.3) is 5.91 Å². The second-order valence-corrected chi connectivity index (χ2v) is 7.75. The van der Waals surface area contributed by atoms with Crippen LogP contribution in [0, 0.1) is 18.8 Å². The zero-order valence-corrected chi connectivity index (χ0v) is 16.2. The lowest BCUT2D eigenvalue weighted by Crippen LogP contribution is -2.45. The van der Waals surface area contributed by atoms with E-state index in [9.17, 15) is 9.90 Å². The summed E-state index contributed by atoms with van der Waals surface area (Å²) >= 11 is 0. The van der Waals surface area contributed by atoms with Gasteiger partial charge in [-0.25, -0.2) is 9.67 Å². The van der Waals surface area contributed by atoms with Crippen LogP contribution in [0.25, 0.3) is 5.82 Å². The van der Waals surface area contributed by atoms with Crippen LogP contribution in [-0.2, 0) is 11.2 Å². The Morgan fingerprint density at radius 3 is 2.75 bits per heavy atom. The molecule has 0 radical (unpaired) electrons. The Bertz CT molecular complexity index is 813. The number of nitrogens with zero attached hydrogens (tertiary/aromatic N) is 4. The lowest BCUT2D eigenvalue weighted by atomic mass is 9.92. The molecule has 1 amide bonds. The van der Waals surface area contributed by atoms with Crippen LogP contribution in [0.15, 0.2) is 18.6 Å². The van der Waals surface area contributed by atoms with E-state index < -0.39 is 0 Å². The summed E-state index contributed by atoms with van der Waals surface area (Å²) in [5, 5.41) is 17.4. The van der Waals surface area contributed by atoms with Gasteiger partial charge in [0.15, 0.2) is 11.5 Å². The number of carbonyl (C=O) groups is 1. The molecule has 28 heavy (non-hydrogen) atoms. The largest absolute Gasteiger partial charge is 0.394 e. The lowest BCUT2D eigenvalue weighted by molar-refractivity contribution is 0.0418. The summed E-state index contributed by atoms with van der Waals surface area (Å²) in [6, 6.07) is -0.285. The van der Waals surface area contributed by atoms with Crippen LogP contribution in [0.1, 0.15) is 47.4 Å². The average Bonchev–Trinajstić information content (AvgIpc) is 3.50. The fraction of sp³-hybridized carbons (Fsp3) is 0.600. The molecule has 8 heteroatoms. The maximum Gasteiger partial charge on any atom is 0.272 e. The molecular weight excluding hydrogens is 358 g/mol. The van der Waals surface area contributed by atoms with Crippen molar-refractivity contribution in [3.05, 3.63) is 35.5 Å². The molecule has 1 atom stereocenters. The molecule has 4 rings (SSSR count). The van der Waals surface area contributed by atoms with Gasteiger partial charge in [-0.1, -0.05) is 0 Å². The molecule has 1 saturated carbocycles. The molecule has 1 aliphatic heterocycles. The van der Waals surface area contributed by atoms with E-state index in [0.29, 0.717) is 30.6 Å². The van der Waals surface area contributed by atoms with Gasteiger partial charge in [-0.3, -0.25) is 9.78 Å². The van der Waals surface area contributed by atoms with E-state index >= 15 is 0 Å². The van der Waals surface area contributed by atoms with E-state index in [1.807, 2.05) is 6.92 Å². The van der Waals surface area contributed by atoms with Gasteiger partial charge >= 0.3 is 0 Å². The molecule has 2 aromatic rings. The Hall–Kier alpha value is -2.32. The summed E-state index contributed by atoms with van der Waals surface area (Å²) in [7, 11) is 0. The normalized spacial score (nSPS) is 18.8. The first kappa shape index (κ1) is 19.0. The predicted molar refractivity (Wildman–Crippen MR) is 102 cm³/mol. The molecule has 0 unspecified atom stereocenters. The van der Waals surface area contributed by atoms with Crippen LogP contribution in [-0.4, -0.2) is 56.6 Å². The minimum Gasteiger partial charge on any atom is -0.394 e. The number of aliphatic hydroxyl groups is 1. The molecule has 1 aliphatic carbocycles. The Labute approximate surface area is 164 Å². The van der Waals surface area contributed by atoms with Gasteiger partial charge < -0.3 is 15.2 Å². The molecule has 3 heterocycles. The molecular formula is C20H27N5O3. The highest BCUT2D eigenvalue weighted by Gasteiger charge is 2.31. The highest BCUT2D eigenvalue weighted by atomic mass is 16.5. The average molecular weight is 385 g/mol. The predicted octanol–water partition coefficient (Wildman–Crippen LogP) is 1.44. The number of rotatable bonds is 7. The minimum atomic E-state index is -0.285. The van der Waals surface area contributed by atoms with Crippen molar-refractivity contribution in [2.75, 3.05) is 19.8 Å². The second kappa shape index (κ2) is 8.36. The van der Waals surface area contributed by atoms with Crippen molar-refractivity contribution in [2.24, 2.45) is 11.8 Å². The van der Waals surface area contributed by atoms with Crippen molar-refractivity contribution < 1.29 is 14.6 Å². The standard InChI is InChI=1S/C20H27N5O3/c1-13-16(10-14-2-3-14)19(24-25(13)18-11-21-6-7-22-18)20(27)23-17(12-26)15-4-8-28-9-5-15/h6-7,11,14-15,17,26H,2-5,8-10,12H2,1H3,(H,23,27)/t17-/m0/s1. The summed E-state index contributed by atoms with van der Waals surface area (Å²) in [4.78, 5) is 21.5. The van der Waals surface area contributed by atoms with Crippen LogP contribution >= 0.6 is 0 Å². The van der Waals surface area contributed by atoms with Crippen LogP contribution in [0.5, 0.6) is 0 Å². The van der Waals surface area contributed by atoms with Gasteiger partial charge in [-0.05, 0) is 50.9 Å². The lowest BCUT2D eigenvalue weighted by Gasteiger charge is -2.29. The third kappa shape index (κ3) is 4.07. The third-order valence-electron chi connectivity index (χ3n) is 5.76. The monoisotopic (exact) mass is 385 g/mol. The fourth-order valence-corrected chi connectivity index (χ4v) is 3.86. The summed E-state index contributed by atoms with van der Waals surface area (Å²) < 4.78 is 7.10. The molecule has 2 aromatic heterocycles. The first-order valence-electron chi connectivity index (χ1n) is 10.0. The van der Waals surface area contributed by atoms with Crippen molar-refractivity contribution in [1.29, 1.82) is 0 Å². The van der Waals surface area contributed by atoms with Gasteiger partial charge in [0.1, 0.15) is 0 Å². The first-order valence-corrected chi connectivity index (χ1v) is 10.0.